The quantitative estimate of drug-likeness (QED) is 0.896. The Hall–Kier alpha value is -0.910. The van der Waals surface area contributed by atoms with Crippen LogP contribution < -0.4 is 5.32 Å². The summed E-state index contributed by atoms with van der Waals surface area (Å²) in [5.74, 6) is 0.0558. The van der Waals surface area contributed by atoms with Crippen LogP contribution in [0.4, 0.5) is 0 Å². The molecular formula is C12H15NO2S2. The normalized spacial score (nSPS) is 13.2. The monoisotopic (exact) mass is 269 g/mol. The van der Waals surface area contributed by atoms with E-state index in [0.29, 0.717) is 11.4 Å². The van der Waals surface area contributed by atoms with Crippen molar-refractivity contribution >= 4 is 38.0 Å². The van der Waals surface area contributed by atoms with Gasteiger partial charge in [0.05, 0.1) is 11.0 Å². The molecule has 0 bridgehead atoms. The number of hydrogen-bond acceptors (Lipinski definition) is 4. The van der Waals surface area contributed by atoms with Crippen LogP contribution in [0.2, 0.25) is 0 Å². The molecule has 17 heavy (non-hydrogen) atoms. The van der Waals surface area contributed by atoms with Gasteiger partial charge in [0.15, 0.2) is 0 Å². The summed E-state index contributed by atoms with van der Waals surface area (Å²) < 4.78 is 2.29. The van der Waals surface area contributed by atoms with Gasteiger partial charge in [0, 0.05) is 15.9 Å². The molecule has 0 radical (unpaired) electrons. The minimum absolute atomic E-state index is 0.0990. The number of hydrogen-bond donors (Lipinski definition) is 2. The maximum Gasteiger partial charge on any atom is 0.261 e. The van der Waals surface area contributed by atoms with E-state index in [1.807, 2.05) is 31.4 Å². The molecule has 1 amide bonds. The second kappa shape index (κ2) is 5.16. The summed E-state index contributed by atoms with van der Waals surface area (Å²) >= 11 is 3.12. The van der Waals surface area contributed by atoms with Gasteiger partial charge in [-0.3, -0.25) is 4.79 Å². The largest absolute Gasteiger partial charge is 0.391 e. The maximum absolute atomic E-state index is 11.8. The molecule has 2 heterocycles. The number of thiophene rings is 2. The molecule has 2 N–H and O–H groups in total. The van der Waals surface area contributed by atoms with Crippen molar-refractivity contribution in [2.75, 3.05) is 6.54 Å². The standard InChI is InChI=1S/C12H15NO2S2/c1-7(2)8(14)6-13-12(15)11-5-10-9(17-11)3-4-16-10/h3-5,7-8,14H,6H2,1-2H3,(H,13,15). The predicted molar refractivity (Wildman–Crippen MR) is 72.9 cm³/mol. The molecule has 0 fully saturated rings. The average molecular weight is 269 g/mol. The van der Waals surface area contributed by atoms with Crippen LogP contribution in [0.15, 0.2) is 17.5 Å². The van der Waals surface area contributed by atoms with Gasteiger partial charge in [-0.15, -0.1) is 22.7 Å². The second-order valence-electron chi connectivity index (χ2n) is 4.28. The summed E-state index contributed by atoms with van der Waals surface area (Å²) in [7, 11) is 0. The van der Waals surface area contributed by atoms with Crippen molar-refractivity contribution in [1.29, 1.82) is 0 Å². The summed E-state index contributed by atoms with van der Waals surface area (Å²) in [5, 5.41) is 14.4. The van der Waals surface area contributed by atoms with Crippen LogP contribution in [0.1, 0.15) is 23.5 Å². The van der Waals surface area contributed by atoms with E-state index in [1.54, 1.807) is 11.3 Å². The van der Waals surface area contributed by atoms with Gasteiger partial charge < -0.3 is 10.4 Å². The van der Waals surface area contributed by atoms with Crippen LogP contribution in [0, 0.1) is 5.92 Å². The number of nitrogens with one attached hydrogen (secondary N) is 1. The number of aliphatic hydroxyl groups is 1. The van der Waals surface area contributed by atoms with Crippen molar-refractivity contribution in [2.24, 2.45) is 5.92 Å². The van der Waals surface area contributed by atoms with Gasteiger partial charge in [0.25, 0.3) is 5.91 Å². The van der Waals surface area contributed by atoms with E-state index < -0.39 is 6.10 Å². The number of amides is 1. The Morgan fingerprint density at radius 2 is 2.24 bits per heavy atom. The minimum Gasteiger partial charge on any atom is -0.391 e. The van der Waals surface area contributed by atoms with Gasteiger partial charge in [0.2, 0.25) is 0 Å². The predicted octanol–water partition coefficient (Wildman–Crippen LogP) is 2.71. The summed E-state index contributed by atoms with van der Waals surface area (Å²) in [6, 6.07) is 3.92. The third-order valence-corrected chi connectivity index (χ3v) is 4.70. The molecule has 2 aromatic rings. The number of aliphatic hydroxyl groups excluding tert-OH is 1. The van der Waals surface area contributed by atoms with Gasteiger partial charge in [-0.1, -0.05) is 13.8 Å². The zero-order valence-electron chi connectivity index (χ0n) is 9.77. The number of rotatable bonds is 4. The smallest absolute Gasteiger partial charge is 0.261 e. The van der Waals surface area contributed by atoms with E-state index in [0.717, 1.165) is 9.40 Å². The van der Waals surface area contributed by atoms with Crippen molar-refractivity contribution in [3.8, 4) is 0 Å². The highest BCUT2D eigenvalue weighted by Crippen LogP contribution is 2.29. The molecule has 0 aromatic carbocycles. The molecule has 0 aliphatic carbocycles. The lowest BCUT2D eigenvalue weighted by molar-refractivity contribution is 0.0875. The Morgan fingerprint density at radius 3 is 2.88 bits per heavy atom. The molecule has 92 valence electrons. The van der Waals surface area contributed by atoms with Crippen molar-refractivity contribution in [3.05, 3.63) is 22.4 Å². The Bertz CT molecular complexity index is 487. The van der Waals surface area contributed by atoms with E-state index in [9.17, 15) is 9.90 Å². The molecule has 0 aliphatic rings. The van der Waals surface area contributed by atoms with E-state index in [1.165, 1.54) is 11.3 Å². The van der Waals surface area contributed by atoms with Gasteiger partial charge in [-0.25, -0.2) is 0 Å². The Kier molecular flexibility index (Phi) is 3.81. The molecule has 2 aromatic heterocycles. The van der Waals surface area contributed by atoms with Crippen molar-refractivity contribution in [2.45, 2.75) is 20.0 Å². The molecule has 0 spiro atoms. The molecule has 0 saturated heterocycles. The molecule has 1 atom stereocenters. The Morgan fingerprint density at radius 1 is 1.47 bits per heavy atom. The highest BCUT2D eigenvalue weighted by atomic mass is 32.1. The molecule has 0 saturated carbocycles. The second-order valence-corrected chi connectivity index (χ2v) is 6.31. The third kappa shape index (κ3) is 2.86. The molecule has 0 aliphatic heterocycles. The van der Waals surface area contributed by atoms with Crippen LogP contribution in [0.5, 0.6) is 0 Å². The van der Waals surface area contributed by atoms with Crippen LogP contribution >= 0.6 is 22.7 Å². The fourth-order valence-corrected chi connectivity index (χ4v) is 3.42. The van der Waals surface area contributed by atoms with E-state index in [4.69, 9.17) is 0 Å². The first-order chi connectivity index (χ1) is 8.08. The third-order valence-electron chi connectivity index (χ3n) is 2.60. The van der Waals surface area contributed by atoms with Crippen LogP contribution in [-0.2, 0) is 0 Å². The van der Waals surface area contributed by atoms with E-state index in [-0.39, 0.29) is 11.8 Å². The molecular weight excluding hydrogens is 254 g/mol. The Labute approximate surface area is 108 Å². The minimum atomic E-state index is -0.486. The SMILES string of the molecule is CC(C)C(O)CNC(=O)c1cc2sccc2s1. The van der Waals surface area contributed by atoms with Crippen molar-refractivity contribution < 1.29 is 9.90 Å². The van der Waals surface area contributed by atoms with Gasteiger partial charge in [-0.05, 0) is 23.4 Å². The lowest BCUT2D eigenvalue weighted by atomic mass is 10.1. The van der Waals surface area contributed by atoms with Crippen LogP contribution in [0.3, 0.4) is 0 Å². The van der Waals surface area contributed by atoms with Gasteiger partial charge in [-0.2, -0.15) is 0 Å². The van der Waals surface area contributed by atoms with Crippen molar-refractivity contribution in [1.82, 2.24) is 5.32 Å². The maximum atomic E-state index is 11.8. The zero-order chi connectivity index (χ0) is 12.4. The summed E-state index contributed by atoms with van der Waals surface area (Å²) in [4.78, 5) is 12.5. The number of carbonyl (C=O) groups excluding carboxylic acids is 1. The number of fused-ring (bicyclic) bond motifs is 1. The first kappa shape index (κ1) is 12.5. The lowest BCUT2D eigenvalue weighted by Gasteiger charge is -2.14. The first-order valence-electron chi connectivity index (χ1n) is 5.51. The molecule has 3 nitrogen and oxygen atoms in total. The van der Waals surface area contributed by atoms with Gasteiger partial charge in [0.1, 0.15) is 0 Å². The fourth-order valence-electron chi connectivity index (χ4n) is 1.40. The van der Waals surface area contributed by atoms with Crippen molar-refractivity contribution in [3.63, 3.8) is 0 Å². The first-order valence-corrected chi connectivity index (χ1v) is 7.21. The van der Waals surface area contributed by atoms with Crippen LogP contribution in [0.25, 0.3) is 9.40 Å². The molecule has 5 heteroatoms. The topological polar surface area (TPSA) is 49.3 Å². The number of carbonyl (C=O) groups is 1. The fraction of sp³-hybridized carbons (Fsp3) is 0.417. The summed E-state index contributed by atoms with van der Waals surface area (Å²) in [5.41, 5.74) is 0. The van der Waals surface area contributed by atoms with Crippen LogP contribution in [-0.4, -0.2) is 23.7 Å². The van der Waals surface area contributed by atoms with Gasteiger partial charge >= 0.3 is 0 Å². The average Bonchev–Trinajstić information content (AvgIpc) is 2.84. The summed E-state index contributed by atoms with van der Waals surface area (Å²) in [6.07, 6.45) is -0.486. The molecule has 1 unspecified atom stereocenters. The lowest BCUT2D eigenvalue weighted by Crippen LogP contribution is -2.34. The highest BCUT2D eigenvalue weighted by molar-refractivity contribution is 7.27. The Balaban J connectivity index is 1.98. The molecule has 2 rings (SSSR count). The zero-order valence-corrected chi connectivity index (χ0v) is 11.4. The highest BCUT2D eigenvalue weighted by Gasteiger charge is 2.14. The van der Waals surface area contributed by atoms with E-state index in [2.05, 4.69) is 5.32 Å². The summed E-state index contributed by atoms with van der Waals surface area (Å²) in [6.45, 7) is 4.16. The van der Waals surface area contributed by atoms with E-state index >= 15 is 0 Å².